The number of benzene rings is 3. The van der Waals surface area contributed by atoms with Crippen molar-refractivity contribution in [2.45, 2.75) is 12.6 Å². The van der Waals surface area contributed by atoms with Crippen molar-refractivity contribution in [3.8, 4) is 11.5 Å². The van der Waals surface area contributed by atoms with Gasteiger partial charge in [0.05, 0.1) is 35.9 Å². The van der Waals surface area contributed by atoms with Gasteiger partial charge in [-0.25, -0.2) is 4.39 Å². The Balaban J connectivity index is 1.73. The van der Waals surface area contributed by atoms with Gasteiger partial charge in [-0.2, -0.15) is 0 Å². The van der Waals surface area contributed by atoms with Crippen LogP contribution in [0.15, 0.2) is 66.2 Å². The van der Waals surface area contributed by atoms with E-state index in [0.29, 0.717) is 11.3 Å². The standard InChI is InChI=1S/C28H24Cl2FNO6/c1-36-12-11-32-24(17-5-9-20(10-6-17)38-15-16-3-7-19(31)8-4-16)23(26(34)28(32)35)25(33)21-13-18(29)14-22(30)27(21)37-2/h3-10,13-14,24,33H,11-12,15H2,1-2H3/b25-23+. The van der Waals surface area contributed by atoms with Crippen LogP contribution < -0.4 is 9.47 Å². The maximum Gasteiger partial charge on any atom is 0.295 e. The molecule has 198 valence electrons. The van der Waals surface area contributed by atoms with Crippen LogP contribution in [-0.4, -0.2) is 49.1 Å². The average molecular weight is 560 g/mol. The number of likely N-dealkylation sites (tertiary alicyclic amines) is 1. The van der Waals surface area contributed by atoms with Crippen LogP contribution in [-0.2, 0) is 20.9 Å². The van der Waals surface area contributed by atoms with Gasteiger partial charge >= 0.3 is 0 Å². The normalized spacial score (nSPS) is 16.7. The van der Waals surface area contributed by atoms with E-state index in [9.17, 15) is 19.1 Å². The van der Waals surface area contributed by atoms with E-state index >= 15 is 0 Å². The number of amides is 1. The second kappa shape index (κ2) is 11.9. The first kappa shape index (κ1) is 27.4. The van der Waals surface area contributed by atoms with Crippen LogP contribution in [0.1, 0.15) is 22.7 Å². The maximum absolute atomic E-state index is 13.2. The molecule has 1 fully saturated rings. The van der Waals surface area contributed by atoms with Gasteiger partial charge < -0.3 is 24.2 Å². The summed E-state index contributed by atoms with van der Waals surface area (Å²) < 4.78 is 29.4. The maximum atomic E-state index is 13.2. The number of nitrogens with zero attached hydrogens (tertiary/aromatic N) is 1. The Hall–Kier alpha value is -3.59. The largest absolute Gasteiger partial charge is 0.507 e. The first-order chi connectivity index (χ1) is 18.2. The molecule has 1 N–H and O–H groups in total. The van der Waals surface area contributed by atoms with E-state index in [1.807, 2.05) is 0 Å². The number of ketones is 1. The molecule has 0 spiro atoms. The van der Waals surface area contributed by atoms with Crippen molar-refractivity contribution < 1.29 is 33.3 Å². The minimum absolute atomic E-state index is 0.0824. The highest BCUT2D eigenvalue weighted by Gasteiger charge is 2.46. The SMILES string of the molecule is COCCN1C(=O)C(=O)/C(=C(/O)c2cc(Cl)cc(Cl)c2OC)C1c1ccc(OCc2ccc(F)cc2)cc1. The molecule has 10 heteroatoms. The zero-order valence-corrected chi connectivity index (χ0v) is 22.1. The second-order valence-corrected chi connectivity index (χ2v) is 9.28. The van der Waals surface area contributed by atoms with Gasteiger partial charge in [-0.15, -0.1) is 0 Å². The van der Waals surface area contributed by atoms with Crippen molar-refractivity contribution in [3.05, 3.63) is 98.8 Å². The van der Waals surface area contributed by atoms with E-state index in [0.717, 1.165) is 5.56 Å². The minimum atomic E-state index is -0.918. The molecule has 3 aromatic rings. The van der Waals surface area contributed by atoms with Crippen LogP contribution in [0.2, 0.25) is 10.0 Å². The molecule has 1 unspecified atom stereocenters. The Morgan fingerprint density at radius 2 is 1.71 bits per heavy atom. The van der Waals surface area contributed by atoms with Gasteiger partial charge in [-0.05, 0) is 47.5 Å². The number of ether oxygens (including phenoxy) is 3. The summed E-state index contributed by atoms with van der Waals surface area (Å²) in [6.45, 7) is 0.509. The predicted octanol–water partition coefficient (Wildman–Crippen LogP) is 5.79. The summed E-state index contributed by atoms with van der Waals surface area (Å²) in [7, 11) is 2.85. The number of rotatable bonds is 9. The monoisotopic (exact) mass is 559 g/mol. The zero-order chi connectivity index (χ0) is 27.4. The molecule has 1 aliphatic heterocycles. The minimum Gasteiger partial charge on any atom is -0.507 e. The summed E-state index contributed by atoms with van der Waals surface area (Å²) >= 11 is 12.4. The number of aliphatic hydroxyl groups is 1. The van der Waals surface area contributed by atoms with Crippen molar-refractivity contribution in [2.75, 3.05) is 27.4 Å². The second-order valence-electron chi connectivity index (χ2n) is 8.44. The highest BCUT2D eigenvalue weighted by molar-refractivity contribution is 6.46. The number of hydrogen-bond acceptors (Lipinski definition) is 6. The van der Waals surface area contributed by atoms with Crippen LogP contribution in [0.5, 0.6) is 11.5 Å². The zero-order valence-electron chi connectivity index (χ0n) is 20.5. The lowest BCUT2D eigenvalue weighted by Crippen LogP contribution is -2.32. The fraction of sp³-hybridized carbons (Fsp3) is 0.214. The molecule has 3 aromatic carbocycles. The summed E-state index contributed by atoms with van der Waals surface area (Å²) in [5.74, 6) is -1.81. The molecule has 1 saturated heterocycles. The Morgan fingerprint density at radius 1 is 1.03 bits per heavy atom. The summed E-state index contributed by atoms with van der Waals surface area (Å²) in [6.07, 6.45) is 0. The Bertz CT molecular complexity index is 1380. The highest BCUT2D eigenvalue weighted by Crippen LogP contribution is 2.43. The quantitative estimate of drug-likeness (QED) is 0.203. The van der Waals surface area contributed by atoms with Crippen LogP contribution in [0.25, 0.3) is 5.76 Å². The molecular weight excluding hydrogens is 536 g/mol. The van der Waals surface area contributed by atoms with Crippen molar-refractivity contribution in [1.82, 2.24) is 4.90 Å². The molecule has 1 atom stereocenters. The van der Waals surface area contributed by atoms with E-state index in [1.54, 1.807) is 36.4 Å². The van der Waals surface area contributed by atoms with Crippen LogP contribution in [0.3, 0.4) is 0 Å². The average Bonchev–Trinajstić information content (AvgIpc) is 3.16. The number of Topliss-reactive ketones (excluding diaryl/α,β-unsaturated/α-hetero) is 1. The predicted molar refractivity (Wildman–Crippen MR) is 141 cm³/mol. The van der Waals surface area contributed by atoms with E-state index < -0.39 is 23.5 Å². The van der Waals surface area contributed by atoms with Gasteiger partial charge in [-0.3, -0.25) is 9.59 Å². The third-order valence-corrected chi connectivity index (χ3v) is 6.56. The van der Waals surface area contributed by atoms with Crippen LogP contribution >= 0.6 is 23.2 Å². The lowest BCUT2D eigenvalue weighted by molar-refractivity contribution is -0.140. The number of hydrogen-bond donors (Lipinski definition) is 1. The summed E-state index contributed by atoms with van der Waals surface area (Å²) in [5, 5.41) is 11.7. The fourth-order valence-corrected chi connectivity index (χ4v) is 4.80. The summed E-state index contributed by atoms with van der Waals surface area (Å²) in [6, 6.07) is 14.7. The van der Waals surface area contributed by atoms with Crippen LogP contribution in [0.4, 0.5) is 4.39 Å². The Kier molecular flexibility index (Phi) is 8.56. The number of carbonyl (C=O) groups excluding carboxylic acids is 2. The smallest absolute Gasteiger partial charge is 0.295 e. The van der Waals surface area contributed by atoms with E-state index in [-0.39, 0.29) is 52.5 Å². The summed E-state index contributed by atoms with van der Waals surface area (Å²) in [4.78, 5) is 27.5. The molecule has 0 aliphatic carbocycles. The molecule has 7 nitrogen and oxygen atoms in total. The molecular formula is C28H24Cl2FNO6. The first-order valence-electron chi connectivity index (χ1n) is 11.5. The van der Waals surface area contributed by atoms with Gasteiger partial charge in [0, 0.05) is 18.7 Å². The van der Waals surface area contributed by atoms with Crippen molar-refractivity contribution in [1.29, 1.82) is 0 Å². The number of aliphatic hydroxyl groups excluding tert-OH is 1. The van der Waals surface area contributed by atoms with Crippen molar-refractivity contribution in [3.63, 3.8) is 0 Å². The van der Waals surface area contributed by atoms with Crippen molar-refractivity contribution >= 4 is 40.7 Å². The van der Waals surface area contributed by atoms with E-state index in [1.165, 1.54) is 43.4 Å². The van der Waals surface area contributed by atoms with E-state index in [2.05, 4.69) is 0 Å². The number of halogens is 3. The van der Waals surface area contributed by atoms with Crippen molar-refractivity contribution in [2.24, 2.45) is 0 Å². The van der Waals surface area contributed by atoms with Crippen LogP contribution in [0, 0.1) is 5.82 Å². The first-order valence-corrected chi connectivity index (χ1v) is 12.3. The molecule has 0 saturated carbocycles. The Labute approximate surface area is 228 Å². The van der Waals surface area contributed by atoms with Gasteiger partial charge in [0.15, 0.2) is 0 Å². The van der Waals surface area contributed by atoms with Gasteiger partial charge in [0.1, 0.15) is 29.7 Å². The molecule has 0 bridgehead atoms. The molecule has 1 amide bonds. The lowest BCUT2D eigenvalue weighted by Gasteiger charge is -2.25. The number of methoxy groups -OCH3 is 2. The van der Waals surface area contributed by atoms with E-state index in [4.69, 9.17) is 37.4 Å². The lowest BCUT2D eigenvalue weighted by atomic mass is 9.95. The summed E-state index contributed by atoms with van der Waals surface area (Å²) in [5.41, 5.74) is 1.29. The molecule has 0 radical (unpaired) electrons. The molecule has 4 rings (SSSR count). The molecule has 0 aromatic heterocycles. The Morgan fingerprint density at radius 3 is 2.34 bits per heavy atom. The highest BCUT2D eigenvalue weighted by atomic mass is 35.5. The molecule has 1 aliphatic rings. The fourth-order valence-electron chi connectivity index (χ4n) is 4.23. The number of carbonyl (C=O) groups is 2. The molecule has 1 heterocycles. The third-order valence-electron chi connectivity index (χ3n) is 6.06. The molecule has 38 heavy (non-hydrogen) atoms. The van der Waals surface area contributed by atoms with Gasteiger partial charge in [0.2, 0.25) is 0 Å². The van der Waals surface area contributed by atoms with Gasteiger partial charge in [0.25, 0.3) is 11.7 Å². The topological polar surface area (TPSA) is 85.3 Å². The van der Waals surface area contributed by atoms with Gasteiger partial charge in [-0.1, -0.05) is 47.5 Å². The third kappa shape index (κ3) is 5.62.